The number of nitrogens with zero attached hydrogens (tertiary/aromatic N) is 3. The molecule has 2 aromatic rings. The maximum atomic E-state index is 8.78. The molecule has 0 spiro atoms. The molecule has 0 aliphatic heterocycles. The van der Waals surface area contributed by atoms with Crippen LogP contribution in [0, 0.1) is 6.92 Å². The second-order valence-corrected chi connectivity index (χ2v) is 4.38. The average molecular weight is 236 g/mol. The molecule has 2 aromatic heterocycles. The number of pyridine rings is 1. The molecule has 0 saturated carbocycles. The van der Waals surface area contributed by atoms with Gasteiger partial charge in [0.15, 0.2) is 0 Å². The number of aromatic nitrogens is 3. The van der Waals surface area contributed by atoms with Gasteiger partial charge in [-0.2, -0.15) is 0 Å². The van der Waals surface area contributed by atoms with E-state index in [9.17, 15) is 0 Å². The Labute approximate surface area is 97.2 Å². The van der Waals surface area contributed by atoms with Gasteiger partial charge in [0.05, 0.1) is 18.5 Å². The Kier molecular flexibility index (Phi) is 3.43. The predicted molar refractivity (Wildman–Crippen MR) is 63.5 cm³/mol. The summed E-state index contributed by atoms with van der Waals surface area (Å²) in [5.41, 5.74) is 1.83. The highest BCUT2D eigenvalue weighted by Gasteiger charge is 2.08. The van der Waals surface area contributed by atoms with Crippen LogP contribution in [0.3, 0.4) is 0 Å². The molecule has 2 N–H and O–H groups in total. The zero-order valence-electron chi connectivity index (χ0n) is 8.84. The molecule has 0 aliphatic rings. The topological polar surface area (TPSA) is 70.9 Å². The molecule has 5 nitrogen and oxygen atoms in total. The molecule has 0 fully saturated rings. The first kappa shape index (κ1) is 11.0. The van der Waals surface area contributed by atoms with Crippen molar-refractivity contribution in [1.82, 2.24) is 15.2 Å². The molecule has 2 rings (SSSR count). The highest BCUT2D eigenvalue weighted by atomic mass is 32.1. The molecule has 0 aliphatic carbocycles. The molecule has 0 amide bonds. The number of aryl methyl sites for hydroxylation is 1. The SMILES string of the molecule is Cc1nnc(-c2ccncc2NCCO)s1. The summed E-state index contributed by atoms with van der Waals surface area (Å²) >= 11 is 1.54. The molecular formula is C10H12N4OS. The number of hydrogen-bond donors (Lipinski definition) is 2. The fourth-order valence-electron chi connectivity index (χ4n) is 1.32. The third kappa shape index (κ3) is 2.34. The lowest BCUT2D eigenvalue weighted by atomic mass is 10.2. The van der Waals surface area contributed by atoms with Crippen LogP contribution in [0.1, 0.15) is 5.01 Å². The Balaban J connectivity index is 2.32. The van der Waals surface area contributed by atoms with E-state index in [1.54, 1.807) is 12.4 Å². The van der Waals surface area contributed by atoms with Crippen LogP contribution in [0.4, 0.5) is 5.69 Å². The van der Waals surface area contributed by atoms with Gasteiger partial charge in [-0.05, 0) is 13.0 Å². The summed E-state index contributed by atoms with van der Waals surface area (Å²) in [6.45, 7) is 2.50. The first-order valence-electron chi connectivity index (χ1n) is 4.90. The van der Waals surface area contributed by atoms with E-state index in [1.807, 2.05) is 13.0 Å². The second-order valence-electron chi connectivity index (χ2n) is 3.20. The van der Waals surface area contributed by atoms with Gasteiger partial charge in [0.1, 0.15) is 10.0 Å². The highest BCUT2D eigenvalue weighted by Crippen LogP contribution is 2.28. The Bertz CT molecular complexity index is 471. The summed E-state index contributed by atoms with van der Waals surface area (Å²) in [6, 6.07) is 1.89. The molecule has 0 bridgehead atoms. The van der Waals surface area contributed by atoms with Crippen LogP contribution in [0.5, 0.6) is 0 Å². The first-order valence-corrected chi connectivity index (χ1v) is 5.72. The summed E-state index contributed by atoms with van der Waals surface area (Å²) in [5, 5.41) is 21.8. The fraction of sp³-hybridized carbons (Fsp3) is 0.300. The first-order chi connectivity index (χ1) is 7.81. The molecule has 0 saturated heterocycles. The number of aliphatic hydroxyl groups excluding tert-OH is 1. The van der Waals surface area contributed by atoms with Crippen LogP contribution in [-0.4, -0.2) is 33.4 Å². The van der Waals surface area contributed by atoms with E-state index < -0.39 is 0 Å². The predicted octanol–water partition coefficient (Wildman–Crippen LogP) is 1.31. The normalized spacial score (nSPS) is 10.4. The maximum Gasteiger partial charge on any atom is 0.149 e. The lowest BCUT2D eigenvalue weighted by Crippen LogP contribution is -2.06. The Morgan fingerprint density at radius 1 is 1.44 bits per heavy atom. The van der Waals surface area contributed by atoms with Crippen LogP contribution in [0.15, 0.2) is 18.5 Å². The number of hydrogen-bond acceptors (Lipinski definition) is 6. The minimum absolute atomic E-state index is 0.0868. The van der Waals surface area contributed by atoms with Crippen molar-refractivity contribution in [1.29, 1.82) is 0 Å². The van der Waals surface area contributed by atoms with E-state index in [0.29, 0.717) is 6.54 Å². The quantitative estimate of drug-likeness (QED) is 0.837. The van der Waals surface area contributed by atoms with E-state index in [0.717, 1.165) is 21.3 Å². The molecule has 0 aromatic carbocycles. The number of rotatable bonds is 4. The highest BCUT2D eigenvalue weighted by molar-refractivity contribution is 7.14. The molecule has 0 atom stereocenters. The molecule has 16 heavy (non-hydrogen) atoms. The standard InChI is InChI=1S/C10H12N4OS/c1-7-13-14-10(16-7)8-2-3-11-6-9(8)12-4-5-15/h2-3,6,12,15H,4-5H2,1H3. The number of nitrogens with one attached hydrogen (secondary N) is 1. The summed E-state index contributed by atoms with van der Waals surface area (Å²) < 4.78 is 0. The van der Waals surface area contributed by atoms with Crippen molar-refractivity contribution in [2.45, 2.75) is 6.92 Å². The molecule has 0 unspecified atom stereocenters. The Hall–Kier alpha value is -1.53. The smallest absolute Gasteiger partial charge is 0.149 e. The zero-order valence-corrected chi connectivity index (χ0v) is 9.66. The molecule has 2 heterocycles. The van der Waals surface area contributed by atoms with Crippen molar-refractivity contribution in [2.75, 3.05) is 18.5 Å². The van der Waals surface area contributed by atoms with Gasteiger partial charge in [0.25, 0.3) is 0 Å². The third-order valence-electron chi connectivity index (χ3n) is 2.00. The van der Waals surface area contributed by atoms with Crippen LogP contribution in [0.25, 0.3) is 10.6 Å². The monoisotopic (exact) mass is 236 g/mol. The molecule has 0 radical (unpaired) electrons. The average Bonchev–Trinajstić information content (AvgIpc) is 2.73. The minimum Gasteiger partial charge on any atom is -0.395 e. The van der Waals surface area contributed by atoms with Crippen molar-refractivity contribution >= 4 is 17.0 Å². The Morgan fingerprint density at radius 3 is 3.00 bits per heavy atom. The van der Waals surface area contributed by atoms with Crippen molar-refractivity contribution in [3.8, 4) is 10.6 Å². The minimum atomic E-state index is 0.0868. The van der Waals surface area contributed by atoms with Crippen LogP contribution < -0.4 is 5.32 Å². The van der Waals surface area contributed by atoms with Gasteiger partial charge >= 0.3 is 0 Å². The van der Waals surface area contributed by atoms with Crippen molar-refractivity contribution in [2.24, 2.45) is 0 Å². The van der Waals surface area contributed by atoms with Crippen molar-refractivity contribution < 1.29 is 5.11 Å². The number of aliphatic hydroxyl groups is 1. The van der Waals surface area contributed by atoms with Gasteiger partial charge in [-0.25, -0.2) is 0 Å². The van der Waals surface area contributed by atoms with Gasteiger partial charge in [-0.3, -0.25) is 4.98 Å². The van der Waals surface area contributed by atoms with Gasteiger partial charge in [0, 0.05) is 18.3 Å². The van der Waals surface area contributed by atoms with Crippen LogP contribution >= 0.6 is 11.3 Å². The largest absolute Gasteiger partial charge is 0.395 e. The summed E-state index contributed by atoms with van der Waals surface area (Å²) in [6.07, 6.45) is 3.44. The van der Waals surface area contributed by atoms with Crippen LogP contribution in [0.2, 0.25) is 0 Å². The lowest BCUT2D eigenvalue weighted by molar-refractivity contribution is 0.311. The van der Waals surface area contributed by atoms with Crippen molar-refractivity contribution in [3.63, 3.8) is 0 Å². The Morgan fingerprint density at radius 2 is 2.31 bits per heavy atom. The van der Waals surface area contributed by atoms with Gasteiger partial charge in [-0.15, -0.1) is 10.2 Å². The molecule has 84 valence electrons. The van der Waals surface area contributed by atoms with Gasteiger partial charge in [0.2, 0.25) is 0 Å². The summed E-state index contributed by atoms with van der Waals surface area (Å²) in [7, 11) is 0. The summed E-state index contributed by atoms with van der Waals surface area (Å²) in [4.78, 5) is 4.04. The van der Waals surface area contributed by atoms with Gasteiger partial charge in [-0.1, -0.05) is 11.3 Å². The van der Waals surface area contributed by atoms with E-state index in [-0.39, 0.29) is 6.61 Å². The van der Waals surface area contributed by atoms with E-state index in [4.69, 9.17) is 5.11 Å². The lowest BCUT2D eigenvalue weighted by Gasteiger charge is -2.07. The van der Waals surface area contributed by atoms with Crippen molar-refractivity contribution in [3.05, 3.63) is 23.5 Å². The summed E-state index contributed by atoms with van der Waals surface area (Å²) in [5.74, 6) is 0. The second kappa shape index (κ2) is 5.00. The zero-order chi connectivity index (χ0) is 11.4. The van der Waals surface area contributed by atoms with Gasteiger partial charge < -0.3 is 10.4 Å². The maximum absolute atomic E-state index is 8.78. The van der Waals surface area contributed by atoms with E-state index in [2.05, 4.69) is 20.5 Å². The number of anilines is 1. The fourth-order valence-corrected chi connectivity index (χ4v) is 2.05. The van der Waals surface area contributed by atoms with Crippen LogP contribution in [-0.2, 0) is 0 Å². The molecular weight excluding hydrogens is 224 g/mol. The third-order valence-corrected chi connectivity index (χ3v) is 2.88. The van der Waals surface area contributed by atoms with E-state index in [1.165, 1.54) is 11.3 Å². The van der Waals surface area contributed by atoms with E-state index >= 15 is 0 Å². The molecule has 6 heteroatoms.